The largest absolute Gasteiger partial charge is 0.469 e. The van der Waals surface area contributed by atoms with Crippen LogP contribution in [0.15, 0.2) is 12.1 Å². The Kier molecular flexibility index (Phi) is 2.51. The summed E-state index contributed by atoms with van der Waals surface area (Å²) in [5, 5.41) is 0. The lowest BCUT2D eigenvalue weighted by Crippen LogP contribution is -2.16. The van der Waals surface area contributed by atoms with Crippen LogP contribution in [-0.4, -0.2) is 13.1 Å². The summed E-state index contributed by atoms with van der Waals surface area (Å²) in [7, 11) is 1.46. The lowest BCUT2D eigenvalue weighted by atomic mass is 10.0. The molecule has 2 nitrogen and oxygen atoms in total. The van der Waals surface area contributed by atoms with Crippen LogP contribution in [0.3, 0.4) is 0 Å². The first-order chi connectivity index (χ1) is 7.13. The van der Waals surface area contributed by atoms with Crippen molar-refractivity contribution in [2.45, 2.75) is 26.7 Å². The minimum Gasteiger partial charge on any atom is -0.469 e. The van der Waals surface area contributed by atoms with Crippen molar-refractivity contribution >= 4 is 5.97 Å². The number of ether oxygens (including phenoxy) is 1. The first-order valence-electron chi connectivity index (χ1n) is 5.29. The van der Waals surface area contributed by atoms with Gasteiger partial charge in [0, 0.05) is 0 Å². The van der Waals surface area contributed by atoms with Crippen molar-refractivity contribution in [1.29, 1.82) is 0 Å². The monoisotopic (exact) mass is 204 g/mol. The summed E-state index contributed by atoms with van der Waals surface area (Å²) < 4.78 is 4.81. The second kappa shape index (κ2) is 3.69. The van der Waals surface area contributed by atoms with E-state index in [0.717, 1.165) is 12.8 Å². The lowest BCUT2D eigenvalue weighted by molar-refractivity contribution is -0.145. The summed E-state index contributed by atoms with van der Waals surface area (Å²) >= 11 is 0. The van der Waals surface area contributed by atoms with E-state index in [1.807, 2.05) is 0 Å². The van der Waals surface area contributed by atoms with Crippen molar-refractivity contribution in [3.8, 4) is 0 Å². The Bertz CT molecular complexity index is 376. The van der Waals surface area contributed by atoms with Gasteiger partial charge >= 0.3 is 5.97 Å². The van der Waals surface area contributed by atoms with Crippen molar-refractivity contribution in [3.05, 3.63) is 34.4 Å². The van der Waals surface area contributed by atoms with Crippen LogP contribution in [0.4, 0.5) is 0 Å². The van der Waals surface area contributed by atoms with E-state index in [9.17, 15) is 4.79 Å². The van der Waals surface area contributed by atoms with Crippen LogP contribution < -0.4 is 0 Å². The average Bonchev–Trinajstić information content (AvgIpc) is 2.68. The molecular weight excluding hydrogens is 188 g/mol. The van der Waals surface area contributed by atoms with Crippen LogP contribution >= 0.6 is 0 Å². The van der Waals surface area contributed by atoms with Crippen LogP contribution in [0.1, 0.15) is 22.3 Å². The number of hydrogen-bond acceptors (Lipinski definition) is 2. The second-order valence-corrected chi connectivity index (χ2v) is 4.28. The van der Waals surface area contributed by atoms with E-state index in [4.69, 9.17) is 4.74 Å². The molecule has 0 fully saturated rings. The van der Waals surface area contributed by atoms with Gasteiger partial charge in [0.1, 0.15) is 0 Å². The van der Waals surface area contributed by atoms with E-state index in [1.54, 1.807) is 0 Å². The van der Waals surface area contributed by atoms with Crippen LogP contribution in [0.5, 0.6) is 0 Å². The molecular formula is C13H16O2. The third-order valence-corrected chi connectivity index (χ3v) is 3.34. The summed E-state index contributed by atoms with van der Waals surface area (Å²) in [6, 6.07) is 4.27. The van der Waals surface area contributed by atoms with Crippen LogP contribution in [0.2, 0.25) is 0 Å². The molecule has 1 aromatic carbocycles. The third-order valence-electron chi connectivity index (χ3n) is 3.34. The second-order valence-electron chi connectivity index (χ2n) is 4.28. The first-order valence-corrected chi connectivity index (χ1v) is 5.29. The summed E-state index contributed by atoms with van der Waals surface area (Å²) in [6.07, 6.45) is 1.69. The Morgan fingerprint density at radius 2 is 1.67 bits per heavy atom. The summed E-state index contributed by atoms with van der Waals surface area (Å²) in [5.41, 5.74) is 5.29. The summed E-state index contributed by atoms with van der Waals surface area (Å²) in [6.45, 7) is 4.22. The zero-order valence-corrected chi connectivity index (χ0v) is 9.46. The number of carbonyl (C=O) groups excluding carboxylic acids is 1. The molecule has 80 valence electrons. The van der Waals surface area contributed by atoms with Gasteiger partial charge in [0.05, 0.1) is 13.0 Å². The molecule has 0 aromatic heterocycles. The topological polar surface area (TPSA) is 26.3 Å². The minimum atomic E-state index is -0.0787. The molecule has 1 aliphatic carbocycles. The molecule has 0 aliphatic heterocycles. The zero-order valence-electron chi connectivity index (χ0n) is 9.46. The molecule has 1 aliphatic rings. The molecule has 0 N–H and O–H groups in total. The number of hydrogen-bond donors (Lipinski definition) is 0. The highest BCUT2D eigenvalue weighted by Gasteiger charge is 2.29. The van der Waals surface area contributed by atoms with Gasteiger partial charge in [0.15, 0.2) is 0 Å². The van der Waals surface area contributed by atoms with E-state index in [0.29, 0.717) is 0 Å². The van der Waals surface area contributed by atoms with Gasteiger partial charge < -0.3 is 4.74 Å². The number of methoxy groups -OCH3 is 1. The molecule has 2 rings (SSSR count). The highest BCUT2D eigenvalue weighted by molar-refractivity contribution is 5.74. The molecule has 0 saturated carbocycles. The molecule has 0 radical (unpaired) electrons. The van der Waals surface area contributed by atoms with E-state index >= 15 is 0 Å². The molecule has 0 saturated heterocycles. The van der Waals surface area contributed by atoms with Crippen molar-refractivity contribution < 1.29 is 9.53 Å². The fourth-order valence-electron chi connectivity index (χ4n) is 2.39. The van der Waals surface area contributed by atoms with E-state index in [2.05, 4.69) is 26.0 Å². The predicted octanol–water partition coefficient (Wildman–Crippen LogP) is 2.19. The predicted molar refractivity (Wildman–Crippen MR) is 58.8 cm³/mol. The highest BCUT2D eigenvalue weighted by atomic mass is 16.5. The third kappa shape index (κ3) is 1.65. The summed E-state index contributed by atoms with van der Waals surface area (Å²) in [4.78, 5) is 11.5. The minimum absolute atomic E-state index is 0.0322. The SMILES string of the molecule is COC(=O)C1Cc2c(C)ccc(C)c2C1. The van der Waals surface area contributed by atoms with Crippen LogP contribution in [0.25, 0.3) is 0 Å². The first kappa shape index (κ1) is 10.2. The number of aryl methyl sites for hydroxylation is 2. The molecule has 15 heavy (non-hydrogen) atoms. The molecule has 0 unspecified atom stereocenters. The maximum atomic E-state index is 11.5. The van der Waals surface area contributed by atoms with Gasteiger partial charge in [-0.2, -0.15) is 0 Å². The number of carbonyl (C=O) groups is 1. The van der Waals surface area contributed by atoms with Gasteiger partial charge in [-0.15, -0.1) is 0 Å². The lowest BCUT2D eigenvalue weighted by Gasteiger charge is -2.05. The maximum Gasteiger partial charge on any atom is 0.309 e. The molecule has 1 aromatic rings. The van der Waals surface area contributed by atoms with Gasteiger partial charge in [-0.05, 0) is 48.9 Å². The smallest absolute Gasteiger partial charge is 0.309 e. The fraction of sp³-hybridized carbons (Fsp3) is 0.462. The molecule has 0 heterocycles. The number of benzene rings is 1. The average molecular weight is 204 g/mol. The van der Waals surface area contributed by atoms with Gasteiger partial charge in [0.2, 0.25) is 0 Å². The Morgan fingerprint density at radius 3 is 2.07 bits per heavy atom. The van der Waals surface area contributed by atoms with Crippen molar-refractivity contribution in [2.75, 3.05) is 7.11 Å². The molecule has 0 spiro atoms. The van der Waals surface area contributed by atoms with Crippen LogP contribution in [0, 0.1) is 19.8 Å². The van der Waals surface area contributed by atoms with Gasteiger partial charge in [0.25, 0.3) is 0 Å². The fourth-order valence-corrected chi connectivity index (χ4v) is 2.39. The Hall–Kier alpha value is -1.31. The number of fused-ring (bicyclic) bond motifs is 1. The molecule has 2 heteroatoms. The van der Waals surface area contributed by atoms with Gasteiger partial charge in [-0.3, -0.25) is 4.79 Å². The molecule has 0 bridgehead atoms. The Morgan fingerprint density at radius 1 is 1.20 bits per heavy atom. The Labute approximate surface area is 90.3 Å². The normalized spacial score (nSPS) is 15.1. The van der Waals surface area contributed by atoms with Crippen molar-refractivity contribution in [1.82, 2.24) is 0 Å². The summed E-state index contributed by atoms with van der Waals surface area (Å²) in [5.74, 6) is -0.0465. The van der Waals surface area contributed by atoms with Crippen molar-refractivity contribution in [2.24, 2.45) is 5.92 Å². The van der Waals surface area contributed by atoms with E-state index in [-0.39, 0.29) is 11.9 Å². The molecule has 0 amide bonds. The number of esters is 1. The van der Waals surface area contributed by atoms with Gasteiger partial charge in [-0.1, -0.05) is 12.1 Å². The quantitative estimate of drug-likeness (QED) is 0.655. The Balaban J connectivity index is 2.34. The van der Waals surface area contributed by atoms with E-state index in [1.165, 1.54) is 29.4 Å². The maximum absolute atomic E-state index is 11.5. The highest BCUT2D eigenvalue weighted by Crippen LogP contribution is 2.32. The number of rotatable bonds is 1. The standard InChI is InChI=1S/C13H16O2/c1-8-4-5-9(2)12-7-10(6-11(8)12)13(14)15-3/h4-5,10H,6-7H2,1-3H3. The van der Waals surface area contributed by atoms with Gasteiger partial charge in [-0.25, -0.2) is 0 Å². The van der Waals surface area contributed by atoms with Crippen LogP contribution in [-0.2, 0) is 22.4 Å². The van der Waals surface area contributed by atoms with Crippen molar-refractivity contribution in [3.63, 3.8) is 0 Å². The molecule has 0 atom stereocenters. The zero-order chi connectivity index (χ0) is 11.0. The van der Waals surface area contributed by atoms with E-state index < -0.39 is 0 Å².